The van der Waals surface area contributed by atoms with Crippen LogP contribution < -0.4 is 4.90 Å². The van der Waals surface area contributed by atoms with Gasteiger partial charge in [-0.25, -0.2) is 0 Å². The highest BCUT2D eigenvalue weighted by molar-refractivity contribution is 7.25. The number of hydrogen-bond acceptors (Lipinski definition) is 2. The molecular formula is C50H33NS. The van der Waals surface area contributed by atoms with Gasteiger partial charge in [-0.15, -0.1) is 11.3 Å². The predicted molar refractivity (Wildman–Crippen MR) is 225 cm³/mol. The molecule has 0 aliphatic heterocycles. The van der Waals surface area contributed by atoms with E-state index >= 15 is 0 Å². The first kappa shape index (κ1) is 30.4. The van der Waals surface area contributed by atoms with Gasteiger partial charge in [0.1, 0.15) is 0 Å². The minimum Gasteiger partial charge on any atom is -0.310 e. The van der Waals surface area contributed by atoms with Crippen LogP contribution in [-0.2, 0) is 0 Å². The molecule has 9 aromatic carbocycles. The van der Waals surface area contributed by atoms with E-state index in [0.29, 0.717) is 0 Å². The molecule has 52 heavy (non-hydrogen) atoms. The molecule has 0 spiro atoms. The van der Waals surface area contributed by atoms with Gasteiger partial charge in [0.25, 0.3) is 0 Å². The molecule has 1 heterocycles. The lowest BCUT2D eigenvalue weighted by Crippen LogP contribution is -2.10. The van der Waals surface area contributed by atoms with E-state index in [-0.39, 0.29) is 0 Å². The van der Waals surface area contributed by atoms with Crippen LogP contribution in [0.3, 0.4) is 0 Å². The fourth-order valence-electron chi connectivity index (χ4n) is 7.65. The smallest absolute Gasteiger partial charge is 0.0467 e. The highest BCUT2D eigenvalue weighted by Gasteiger charge is 2.16. The highest BCUT2D eigenvalue weighted by Crippen LogP contribution is 2.43. The third kappa shape index (κ3) is 5.42. The summed E-state index contributed by atoms with van der Waals surface area (Å²) in [6.07, 6.45) is 0. The van der Waals surface area contributed by atoms with Crippen molar-refractivity contribution in [3.63, 3.8) is 0 Å². The van der Waals surface area contributed by atoms with Crippen molar-refractivity contribution in [1.82, 2.24) is 0 Å². The van der Waals surface area contributed by atoms with E-state index in [1.54, 1.807) is 0 Å². The van der Waals surface area contributed by atoms with Crippen LogP contribution in [0.15, 0.2) is 200 Å². The zero-order valence-electron chi connectivity index (χ0n) is 28.4. The standard InChI is InChI=1S/C50H33NS/c1-2-15-43(16-3-1)51(45-18-9-14-42(33-45)46-20-10-22-49-50(46)47-19-6-7-21-48(47)52-49)44-17-8-13-36(32-44)37-25-26-41-31-40(28-27-39(41)30-37)38-24-23-34-11-4-5-12-35(34)29-38/h1-33H. The number of anilines is 3. The van der Waals surface area contributed by atoms with Crippen LogP contribution in [-0.4, -0.2) is 0 Å². The number of para-hydroxylation sites is 1. The van der Waals surface area contributed by atoms with E-state index in [1.165, 1.54) is 75.1 Å². The van der Waals surface area contributed by atoms with Gasteiger partial charge in [-0.1, -0.05) is 133 Å². The van der Waals surface area contributed by atoms with Crippen LogP contribution in [0.2, 0.25) is 0 Å². The average molecular weight is 680 g/mol. The quantitative estimate of drug-likeness (QED) is 0.169. The van der Waals surface area contributed by atoms with Crippen molar-refractivity contribution in [2.75, 3.05) is 4.90 Å². The van der Waals surface area contributed by atoms with Gasteiger partial charge in [-0.3, -0.25) is 0 Å². The molecule has 0 fully saturated rings. The van der Waals surface area contributed by atoms with E-state index in [0.717, 1.165) is 17.1 Å². The number of rotatable bonds is 6. The Hall–Kier alpha value is -6.48. The van der Waals surface area contributed by atoms with Crippen LogP contribution in [0.25, 0.3) is 75.1 Å². The first-order valence-electron chi connectivity index (χ1n) is 17.7. The molecule has 10 rings (SSSR count). The molecule has 0 amide bonds. The molecular weight excluding hydrogens is 647 g/mol. The lowest BCUT2D eigenvalue weighted by Gasteiger charge is -2.26. The van der Waals surface area contributed by atoms with E-state index in [2.05, 4.69) is 205 Å². The second-order valence-electron chi connectivity index (χ2n) is 13.4. The van der Waals surface area contributed by atoms with Gasteiger partial charge in [0, 0.05) is 37.2 Å². The van der Waals surface area contributed by atoms with Crippen molar-refractivity contribution in [2.45, 2.75) is 0 Å². The summed E-state index contributed by atoms with van der Waals surface area (Å²) >= 11 is 1.86. The van der Waals surface area contributed by atoms with Crippen LogP contribution in [0.5, 0.6) is 0 Å². The molecule has 0 atom stereocenters. The minimum absolute atomic E-state index is 1.12. The van der Waals surface area contributed by atoms with Crippen molar-refractivity contribution in [3.05, 3.63) is 200 Å². The maximum atomic E-state index is 2.37. The summed E-state index contributed by atoms with van der Waals surface area (Å²) in [5.41, 5.74) is 10.7. The molecule has 10 aromatic rings. The Morgan fingerprint density at radius 1 is 0.308 bits per heavy atom. The Labute approximate surface area is 307 Å². The predicted octanol–water partition coefficient (Wildman–Crippen LogP) is 14.8. The maximum absolute atomic E-state index is 2.37. The van der Waals surface area contributed by atoms with Crippen molar-refractivity contribution < 1.29 is 0 Å². The van der Waals surface area contributed by atoms with Crippen LogP contribution >= 0.6 is 11.3 Å². The third-order valence-corrected chi connectivity index (χ3v) is 11.3. The topological polar surface area (TPSA) is 3.24 Å². The minimum atomic E-state index is 1.12. The van der Waals surface area contributed by atoms with Crippen molar-refractivity contribution in [1.29, 1.82) is 0 Å². The molecule has 0 aliphatic rings. The molecule has 0 aliphatic carbocycles. The molecule has 0 radical (unpaired) electrons. The first-order chi connectivity index (χ1) is 25.7. The van der Waals surface area contributed by atoms with Crippen molar-refractivity contribution in [2.24, 2.45) is 0 Å². The molecule has 0 saturated carbocycles. The van der Waals surface area contributed by atoms with Crippen molar-refractivity contribution in [3.8, 4) is 33.4 Å². The zero-order chi connectivity index (χ0) is 34.4. The largest absolute Gasteiger partial charge is 0.310 e. The molecule has 244 valence electrons. The first-order valence-corrected chi connectivity index (χ1v) is 18.6. The molecule has 0 bridgehead atoms. The molecule has 1 aromatic heterocycles. The number of benzene rings is 9. The summed E-state index contributed by atoms with van der Waals surface area (Å²) in [5.74, 6) is 0. The van der Waals surface area contributed by atoms with Crippen LogP contribution in [0.4, 0.5) is 17.1 Å². The fourth-order valence-corrected chi connectivity index (χ4v) is 8.78. The summed E-state index contributed by atoms with van der Waals surface area (Å²) in [6.45, 7) is 0. The number of thiophene rings is 1. The van der Waals surface area contributed by atoms with Gasteiger partial charge in [0.15, 0.2) is 0 Å². The maximum Gasteiger partial charge on any atom is 0.0467 e. The lowest BCUT2D eigenvalue weighted by atomic mass is 9.96. The average Bonchev–Trinajstić information content (AvgIpc) is 3.60. The third-order valence-electron chi connectivity index (χ3n) is 10.2. The molecule has 0 unspecified atom stereocenters. The normalized spacial score (nSPS) is 11.5. The number of hydrogen-bond donors (Lipinski definition) is 0. The second kappa shape index (κ2) is 12.7. The Morgan fingerprint density at radius 2 is 0.808 bits per heavy atom. The van der Waals surface area contributed by atoms with Gasteiger partial charge < -0.3 is 4.90 Å². The molecule has 0 N–H and O–H groups in total. The summed E-state index contributed by atoms with van der Waals surface area (Å²) in [7, 11) is 0. The molecule has 2 heteroatoms. The highest BCUT2D eigenvalue weighted by atomic mass is 32.1. The Bertz CT molecular complexity index is 2920. The van der Waals surface area contributed by atoms with Gasteiger partial charge in [-0.2, -0.15) is 0 Å². The van der Waals surface area contributed by atoms with Crippen LogP contribution in [0, 0.1) is 0 Å². The lowest BCUT2D eigenvalue weighted by molar-refractivity contribution is 1.28. The summed E-state index contributed by atoms with van der Waals surface area (Å²) < 4.78 is 2.64. The second-order valence-corrected chi connectivity index (χ2v) is 14.5. The molecule has 0 saturated heterocycles. The summed E-state index contributed by atoms with van der Waals surface area (Å²) in [6, 6.07) is 73.0. The fraction of sp³-hybridized carbons (Fsp3) is 0. The zero-order valence-corrected chi connectivity index (χ0v) is 29.2. The van der Waals surface area contributed by atoms with E-state index in [9.17, 15) is 0 Å². The summed E-state index contributed by atoms with van der Waals surface area (Å²) in [4.78, 5) is 2.37. The number of nitrogens with zero attached hydrogens (tertiary/aromatic N) is 1. The Morgan fingerprint density at radius 3 is 1.54 bits per heavy atom. The van der Waals surface area contributed by atoms with E-state index in [4.69, 9.17) is 0 Å². The van der Waals surface area contributed by atoms with Gasteiger partial charge in [-0.05, 0) is 122 Å². The van der Waals surface area contributed by atoms with Gasteiger partial charge in [0.2, 0.25) is 0 Å². The molecule has 1 nitrogen and oxygen atoms in total. The van der Waals surface area contributed by atoms with Crippen LogP contribution in [0.1, 0.15) is 0 Å². The van der Waals surface area contributed by atoms with Gasteiger partial charge >= 0.3 is 0 Å². The Balaban J connectivity index is 1.03. The van der Waals surface area contributed by atoms with E-state index in [1.807, 2.05) is 11.3 Å². The van der Waals surface area contributed by atoms with Crippen molar-refractivity contribution >= 4 is 70.1 Å². The SMILES string of the molecule is c1ccc(N(c2cccc(-c3ccc4cc(-c5ccc6ccccc6c5)ccc4c3)c2)c2cccc(-c3cccc4sc5ccccc5c34)c2)cc1. The monoisotopic (exact) mass is 679 g/mol. The number of fused-ring (bicyclic) bond motifs is 5. The van der Waals surface area contributed by atoms with E-state index < -0.39 is 0 Å². The Kier molecular flexibility index (Phi) is 7.41. The summed E-state index contributed by atoms with van der Waals surface area (Å²) in [5, 5.41) is 7.64. The van der Waals surface area contributed by atoms with Gasteiger partial charge in [0.05, 0.1) is 0 Å².